The molecule has 4 atom stereocenters. The zero-order chi connectivity index (χ0) is 17.2. The van der Waals surface area contributed by atoms with E-state index in [1.54, 1.807) is 12.2 Å². The Labute approximate surface area is 129 Å². The molecule has 1 fully saturated rings. The molecule has 23 heavy (non-hydrogen) atoms. The molecule has 2 bridgehead atoms. The minimum absolute atomic E-state index is 0.384. The van der Waals surface area contributed by atoms with Crippen LogP contribution >= 0.6 is 11.8 Å². The number of alkyl halides is 7. The number of hydrogen-bond acceptors (Lipinski definition) is 3. The first kappa shape index (κ1) is 16.7. The first-order valence-corrected chi connectivity index (χ1v) is 7.39. The number of ether oxygens (including phenoxy) is 1. The molecule has 0 spiro atoms. The summed E-state index contributed by atoms with van der Waals surface area (Å²) in [6, 6.07) is 0. The van der Waals surface area contributed by atoms with Crippen molar-refractivity contribution in [1.29, 1.82) is 0 Å². The number of halogens is 7. The lowest BCUT2D eigenvalue weighted by atomic mass is 9.85. The third-order valence-electron chi connectivity index (χ3n) is 4.12. The fourth-order valence-corrected chi connectivity index (χ4v) is 4.06. The van der Waals surface area contributed by atoms with Gasteiger partial charge in [0.1, 0.15) is 11.0 Å². The van der Waals surface area contributed by atoms with Crippen molar-refractivity contribution in [2.75, 3.05) is 0 Å². The summed E-state index contributed by atoms with van der Waals surface area (Å²) in [6.45, 7) is 0. The van der Waals surface area contributed by atoms with Gasteiger partial charge in [-0.2, -0.15) is 22.0 Å². The first-order valence-electron chi connectivity index (χ1n) is 6.58. The Bertz CT molecular complexity index is 596. The van der Waals surface area contributed by atoms with Gasteiger partial charge in [-0.3, -0.25) is 4.79 Å². The van der Waals surface area contributed by atoms with Gasteiger partial charge in [0.05, 0.1) is 5.92 Å². The standard InChI is InChI=1S/C13H9F7O2S/c14-11(15)13(19,20)23-9-7(21)6-4-1-2-5(3-4)8(6)22-10(9)12(16,17)18/h1-2,4-6,8,11H,3H2. The van der Waals surface area contributed by atoms with Gasteiger partial charge in [-0.05, 0) is 24.1 Å². The van der Waals surface area contributed by atoms with Crippen molar-refractivity contribution in [1.82, 2.24) is 0 Å². The van der Waals surface area contributed by atoms with Crippen LogP contribution in [0.5, 0.6) is 0 Å². The highest BCUT2D eigenvalue weighted by atomic mass is 32.2. The van der Waals surface area contributed by atoms with E-state index in [0.29, 0.717) is 6.42 Å². The average molecular weight is 362 g/mol. The fourth-order valence-electron chi connectivity index (χ4n) is 3.21. The van der Waals surface area contributed by atoms with Crippen molar-refractivity contribution >= 4 is 17.5 Å². The van der Waals surface area contributed by atoms with Crippen LogP contribution in [-0.4, -0.2) is 29.7 Å². The Morgan fingerprint density at radius 3 is 2.30 bits per heavy atom. The van der Waals surface area contributed by atoms with Gasteiger partial charge < -0.3 is 4.74 Å². The number of carbonyl (C=O) groups is 1. The minimum Gasteiger partial charge on any atom is -0.483 e. The van der Waals surface area contributed by atoms with Crippen molar-refractivity contribution in [2.45, 2.75) is 30.4 Å². The number of allylic oxidation sites excluding steroid dienone is 3. The van der Waals surface area contributed by atoms with Crippen molar-refractivity contribution in [3.63, 3.8) is 0 Å². The van der Waals surface area contributed by atoms with Gasteiger partial charge >= 0.3 is 17.9 Å². The summed E-state index contributed by atoms with van der Waals surface area (Å²) < 4.78 is 94.9. The van der Waals surface area contributed by atoms with E-state index in [9.17, 15) is 35.5 Å². The molecular formula is C13H9F7O2S. The smallest absolute Gasteiger partial charge is 0.450 e. The van der Waals surface area contributed by atoms with Crippen LogP contribution in [0.2, 0.25) is 0 Å². The van der Waals surface area contributed by atoms with Crippen LogP contribution in [0.3, 0.4) is 0 Å². The van der Waals surface area contributed by atoms with Crippen LogP contribution < -0.4 is 0 Å². The zero-order valence-corrected chi connectivity index (χ0v) is 11.9. The number of fused-ring (bicyclic) bond motifs is 5. The molecule has 0 amide bonds. The predicted octanol–water partition coefficient (Wildman–Crippen LogP) is 4.14. The maximum atomic E-state index is 13.2. The molecule has 4 unspecified atom stereocenters. The Morgan fingerprint density at radius 2 is 1.74 bits per heavy atom. The highest BCUT2D eigenvalue weighted by molar-refractivity contribution is 8.05. The van der Waals surface area contributed by atoms with Crippen LogP contribution in [0.4, 0.5) is 30.7 Å². The molecule has 0 saturated heterocycles. The van der Waals surface area contributed by atoms with E-state index in [-0.39, 0.29) is 0 Å². The van der Waals surface area contributed by atoms with Gasteiger partial charge in [0, 0.05) is 5.92 Å². The molecule has 3 rings (SSSR count). The summed E-state index contributed by atoms with van der Waals surface area (Å²) in [5.74, 6) is -4.95. The molecule has 0 N–H and O–H groups in total. The third-order valence-corrected chi connectivity index (χ3v) is 5.16. The molecule has 3 aliphatic rings. The number of ketones is 1. The molecular weight excluding hydrogens is 353 g/mol. The zero-order valence-electron chi connectivity index (χ0n) is 11.1. The van der Waals surface area contributed by atoms with Crippen LogP contribution in [-0.2, 0) is 9.53 Å². The molecule has 1 aliphatic heterocycles. The van der Waals surface area contributed by atoms with E-state index < -0.39 is 69.9 Å². The number of hydrogen-bond donors (Lipinski definition) is 0. The molecule has 0 aromatic carbocycles. The molecule has 10 heteroatoms. The SMILES string of the molecule is O=C1C(SC(F)(F)C(F)F)=C(C(F)(F)F)OC2C3C=CC(C3)C12. The highest BCUT2D eigenvalue weighted by Gasteiger charge is 2.59. The van der Waals surface area contributed by atoms with Gasteiger partial charge in [0.2, 0.25) is 5.76 Å². The van der Waals surface area contributed by atoms with E-state index in [1.807, 2.05) is 0 Å². The number of carbonyl (C=O) groups excluding carboxylic acids is 1. The van der Waals surface area contributed by atoms with Crippen LogP contribution in [0.25, 0.3) is 0 Å². The largest absolute Gasteiger partial charge is 0.483 e. The molecule has 0 aromatic rings. The Hall–Kier alpha value is -1.19. The number of thioether (sulfide) groups is 1. The summed E-state index contributed by atoms with van der Waals surface area (Å²) in [5.41, 5.74) is 0. The molecule has 2 nitrogen and oxygen atoms in total. The summed E-state index contributed by atoms with van der Waals surface area (Å²) in [4.78, 5) is 10.8. The third kappa shape index (κ3) is 2.64. The second kappa shape index (κ2) is 5.15. The molecule has 1 heterocycles. The second-order valence-electron chi connectivity index (χ2n) is 5.54. The lowest BCUT2D eigenvalue weighted by molar-refractivity contribution is -0.158. The summed E-state index contributed by atoms with van der Waals surface area (Å²) >= 11 is -1.07. The van der Waals surface area contributed by atoms with Crippen LogP contribution in [0.15, 0.2) is 22.8 Å². The first-order chi connectivity index (χ1) is 10.5. The maximum Gasteiger partial charge on any atom is 0.450 e. The van der Waals surface area contributed by atoms with Gasteiger partial charge in [-0.25, -0.2) is 8.78 Å². The Morgan fingerprint density at radius 1 is 1.13 bits per heavy atom. The topological polar surface area (TPSA) is 26.3 Å². The second-order valence-corrected chi connectivity index (χ2v) is 6.70. The predicted molar refractivity (Wildman–Crippen MR) is 65.7 cm³/mol. The lowest BCUT2D eigenvalue weighted by Gasteiger charge is -2.35. The van der Waals surface area contributed by atoms with Gasteiger partial charge in [0.25, 0.3) is 0 Å². The highest BCUT2D eigenvalue weighted by Crippen LogP contribution is 2.55. The summed E-state index contributed by atoms with van der Waals surface area (Å²) in [5, 5.41) is -4.81. The van der Waals surface area contributed by atoms with Gasteiger partial charge in [-0.15, -0.1) is 0 Å². The van der Waals surface area contributed by atoms with Crippen molar-refractivity contribution < 1.29 is 40.3 Å². The van der Waals surface area contributed by atoms with E-state index in [1.165, 1.54) is 0 Å². The molecule has 0 radical (unpaired) electrons. The van der Waals surface area contributed by atoms with E-state index in [0.717, 1.165) is 0 Å². The molecule has 1 saturated carbocycles. The van der Waals surface area contributed by atoms with Crippen molar-refractivity contribution in [3.05, 3.63) is 22.8 Å². The Kier molecular flexibility index (Phi) is 3.73. The van der Waals surface area contributed by atoms with Crippen LogP contribution in [0.1, 0.15) is 6.42 Å². The minimum atomic E-state index is -5.22. The monoisotopic (exact) mass is 362 g/mol. The normalized spacial score (nSPS) is 33.5. The van der Waals surface area contributed by atoms with Gasteiger partial charge in [-0.1, -0.05) is 12.2 Å². The van der Waals surface area contributed by atoms with Crippen molar-refractivity contribution in [2.24, 2.45) is 17.8 Å². The van der Waals surface area contributed by atoms with Gasteiger partial charge in [0.15, 0.2) is 5.78 Å². The van der Waals surface area contributed by atoms with Crippen molar-refractivity contribution in [3.8, 4) is 0 Å². The maximum absolute atomic E-state index is 13.2. The lowest BCUT2D eigenvalue weighted by Crippen LogP contribution is -2.42. The molecule has 0 aromatic heterocycles. The van der Waals surface area contributed by atoms with E-state index in [4.69, 9.17) is 4.74 Å². The summed E-state index contributed by atoms with van der Waals surface area (Å²) in [7, 11) is 0. The number of rotatable bonds is 3. The van der Waals surface area contributed by atoms with E-state index in [2.05, 4.69) is 0 Å². The Balaban J connectivity index is 2.01. The number of Topliss-reactive ketones (excluding diaryl/α,β-unsaturated/α-hetero) is 1. The molecule has 2 aliphatic carbocycles. The quantitative estimate of drug-likeness (QED) is 0.558. The van der Waals surface area contributed by atoms with Crippen LogP contribution in [0, 0.1) is 17.8 Å². The average Bonchev–Trinajstić information content (AvgIpc) is 3.01. The van der Waals surface area contributed by atoms with E-state index >= 15 is 0 Å². The molecule has 128 valence electrons. The summed E-state index contributed by atoms with van der Waals surface area (Å²) in [6.07, 6.45) is -6.88. The fraction of sp³-hybridized carbons (Fsp3) is 0.615.